The Morgan fingerprint density at radius 3 is 3.08 bits per heavy atom. The van der Waals surface area contributed by atoms with Gasteiger partial charge in [0.2, 0.25) is 0 Å². The number of nitrogens with zero attached hydrogens (tertiary/aromatic N) is 2. The summed E-state index contributed by atoms with van der Waals surface area (Å²) in [5, 5.41) is 0. The number of nitrogens with one attached hydrogen (secondary N) is 1. The van der Waals surface area contributed by atoms with Crippen molar-refractivity contribution in [2.24, 2.45) is 0 Å². The number of aromatic amines is 1. The molecular formula is C17H21N3O3S. The van der Waals surface area contributed by atoms with E-state index in [0.717, 1.165) is 30.0 Å². The third-order valence-corrected chi connectivity index (χ3v) is 4.74. The number of rotatable bonds is 4. The van der Waals surface area contributed by atoms with Gasteiger partial charge in [-0.2, -0.15) is 11.8 Å². The number of hydrogen-bond acceptors (Lipinski definition) is 5. The van der Waals surface area contributed by atoms with E-state index < -0.39 is 0 Å². The van der Waals surface area contributed by atoms with E-state index in [1.54, 1.807) is 29.7 Å². The Bertz CT molecular complexity index is 783. The first-order valence-corrected chi connectivity index (χ1v) is 9.41. The fraction of sp³-hybridized carbons (Fsp3) is 0.471. The molecule has 6 nitrogen and oxygen atoms in total. The number of carbonyl (C=O) groups is 1. The molecule has 1 fully saturated rings. The van der Waals surface area contributed by atoms with Crippen molar-refractivity contribution in [3.8, 4) is 0 Å². The van der Waals surface area contributed by atoms with E-state index in [-0.39, 0.29) is 17.4 Å². The molecule has 0 aromatic carbocycles. The largest absolute Gasteiger partial charge is 0.455 e. The predicted molar refractivity (Wildman–Crippen MR) is 93.4 cm³/mol. The van der Waals surface area contributed by atoms with Gasteiger partial charge in [-0.1, -0.05) is 0 Å². The second-order valence-electron chi connectivity index (χ2n) is 6.04. The molecule has 2 aromatic heterocycles. The fourth-order valence-corrected chi connectivity index (χ4v) is 3.52. The van der Waals surface area contributed by atoms with Crippen molar-refractivity contribution in [2.45, 2.75) is 31.4 Å². The van der Waals surface area contributed by atoms with E-state index in [1.807, 2.05) is 12.3 Å². The van der Waals surface area contributed by atoms with Crippen LogP contribution in [0.4, 0.5) is 0 Å². The summed E-state index contributed by atoms with van der Waals surface area (Å²) in [6.07, 6.45) is 3.81. The summed E-state index contributed by atoms with van der Waals surface area (Å²) in [4.78, 5) is 33.2. The lowest BCUT2D eigenvalue weighted by Gasteiger charge is -2.32. The van der Waals surface area contributed by atoms with Gasteiger partial charge in [-0.3, -0.25) is 9.59 Å². The van der Waals surface area contributed by atoms with Gasteiger partial charge in [0.25, 0.3) is 11.5 Å². The van der Waals surface area contributed by atoms with Crippen LogP contribution in [0.3, 0.4) is 0 Å². The molecule has 0 spiro atoms. The Morgan fingerprint density at radius 2 is 2.33 bits per heavy atom. The molecule has 1 saturated heterocycles. The van der Waals surface area contributed by atoms with E-state index >= 15 is 0 Å². The third kappa shape index (κ3) is 3.72. The summed E-state index contributed by atoms with van der Waals surface area (Å²) in [5.74, 6) is 2.55. The molecule has 1 atom stereocenters. The normalized spacial score (nSPS) is 17.9. The lowest BCUT2D eigenvalue weighted by Crippen LogP contribution is -2.39. The van der Waals surface area contributed by atoms with Gasteiger partial charge in [-0.25, -0.2) is 4.98 Å². The van der Waals surface area contributed by atoms with Crippen molar-refractivity contribution in [2.75, 3.05) is 19.3 Å². The molecule has 1 aliphatic rings. The topological polar surface area (TPSA) is 79.2 Å². The highest BCUT2D eigenvalue weighted by Gasteiger charge is 2.28. The molecule has 1 amide bonds. The molecule has 1 aliphatic heterocycles. The van der Waals surface area contributed by atoms with Crippen LogP contribution in [0.2, 0.25) is 0 Å². The number of aryl methyl sites for hydroxylation is 1. The summed E-state index contributed by atoms with van der Waals surface area (Å²) >= 11 is 1.66. The van der Waals surface area contributed by atoms with Gasteiger partial charge in [0, 0.05) is 25.1 Å². The number of H-pyrrole nitrogens is 1. The van der Waals surface area contributed by atoms with Crippen LogP contribution in [0.1, 0.15) is 46.6 Å². The molecule has 1 N–H and O–H groups in total. The summed E-state index contributed by atoms with van der Waals surface area (Å²) in [7, 11) is 0. The molecule has 0 saturated carbocycles. The number of piperidine rings is 1. The molecule has 2 aromatic rings. The minimum Gasteiger partial charge on any atom is -0.455 e. The minimum absolute atomic E-state index is 0.0873. The maximum atomic E-state index is 12.7. The van der Waals surface area contributed by atoms with Crippen LogP contribution in [0.5, 0.6) is 0 Å². The Balaban J connectivity index is 1.74. The zero-order chi connectivity index (χ0) is 17.1. The SMILES string of the molecule is CSCc1ccc(C(=O)N2CCCC(c3cc(=O)[nH]c(C)n3)C2)o1. The molecule has 3 heterocycles. The lowest BCUT2D eigenvalue weighted by atomic mass is 9.94. The smallest absolute Gasteiger partial charge is 0.289 e. The zero-order valence-electron chi connectivity index (χ0n) is 13.9. The van der Waals surface area contributed by atoms with Crippen molar-refractivity contribution >= 4 is 17.7 Å². The van der Waals surface area contributed by atoms with E-state index in [0.29, 0.717) is 24.7 Å². The van der Waals surface area contributed by atoms with Crippen LogP contribution in [0.15, 0.2) is 27.4 Å². The molecular weight excluding hydrogens is 326 g/mol. The molecule has 24 heavy (non-hydrogen) atoms. The Hall–Kier alpha value is -2.02. The van der Waals surface area contributed by atoms with Gasteiger partial charge in [-0.05, 0) is 38.2 Å². The van der Waals surface area contributed by atoms with Crippen molar-refractivity contribution in [3.63, 3.8) is 0 Å². The summed E-state index contributed by atoms with van der Waals surface area (Å²) in [6.45, 7) is 3.04. The van der Waals surface area contributed by atoms with Crippen molar-refractivity contribution < 1.29 is 9.21 Å². The quantitative estimate of drug-likeness (QED) is 0.919. The molecule has 128 valence electrons. The van der Waals surface area contributed by atoms with E-state index in [1.165, 1.54) is 6.07 Å². The van der Waals surface area contributed by atoms with E-state index in [2.05, 4.69) is 9.97 Å². The first-order chi connectivity index (χ1) is 11.6. The summed E-state index contributed by atoms with van der Waals surface area (Å²) in [6, 6.07) is 5.13. The molecule has 7 heteroatoms. The van der Waals surface area contributed by atoms with Crippen molar-refractivity contribution in [3.05, 3.63) is 51.6 Å². The number of aromatic nitrogens is 2. The van der Waals surface area contributed by atoms with E-state index in [9.17, 15) is 9.59 Å². The Kier molecular flexibility index (Phi) is 5.08. The van der Waals surface area contributed by atoms with E-state index in [4.69, 9.17) is 4.42 Å². The van der Waals surface area contributed by atoms with Crippen LogP contribution in [0, 0.1) is 6.92 Å². The van der Waals surface area contributed by atoms with Crippen LogP contribution in [-0.4, -0.2) is 40.1 Å². The van der Waals surface area contributed by atoms with Gasteiger partial charge >= 0.3 is 0 Å². The Morgan fingerprint density at radius 1 is 1.50 bits per heavy atom. The second-order valence-corrected chi connectivity index (χ2v) is 6.91. The first-order valence-electron chi connectivity index (χ1n) is 8.01. The van der Waals surface area contributed by atoms with Gasteiger partial charge in [0.05, 0.1) is 11.4 Å². The minimum atomic E-state index is -0.145. The van der Waals surface area contributed by atoms with Crippen LogP contribution in [-0.2, 0) is 5.75 Å². The maximum absolute atomic E-state index is 12.7. The monoisotopic (exact) mass is 347 g/mol. The number of amides is 1. The fourth-order valence-electron chi connectivity index (χ4n) is 3.08. The number of likely N-dealkylation sites (tertiary alicyclic amines) is 1. The molecule has 0 radical (unpaired) electrons. The van der Waals surface area contributed by atoms with Crippen LogP contribution in [0.25, 0.3) is 0 Å². The zero-order valence-corrected chi connectivity index (χ0v) is 14.7. The number of hydrogen-bond donors (Lipinski definition) is 1. The summed E-state index contributed by atoms with van der Waals surface area (Å²) < 4.78 is 5.64. The average molecular weight is 347 g/mol. The predicted octanol–water partition coefficient (Wildman–Crippen LogP) is 2.55. The average Bonchev–Trinajstić information content (AvgIpc) is 3.02. The number of furan rings is 1. The lowest BCUT2D eigenvalue weighted by molar-refractivity contribution is 0.0672. The molecule has 1 unspecified atom stereocenters. The Labute approximate surface area is 144 Å². The third-order valence-electron chi connectivity index (χ3n) is 4.17. The first kappa shape index (κ1) is 16.8. The second kappa shape index (κ2) is 7.25. The van der Waals surface area contributed by atoms with Gasteiger partial charge in [-0.15, -0.1) is 0 Å². The van der Waals surface area contributed by atoms with Crippen LogP contribution >= 0.6 is 11.8 Å². The van der Waals surface area contributed by atoms with Crippen LogP contribution < -0.4 is 5.56 Å². The maximum Gasteiger partial charge on any atom is 0.289 e. The summed E-state index contributed by atoms with van der Waals surface area (Å²) in [5.41, 5.74) is 0.616. The van der Waals surface area contributed by atoms with Gasteiger partial charge in [0.15, 0.2) is 5.76 Å². The number of thioether (sulfide) groups is 1. The highest BCUT2D eigenvalue weighted by molar-refractivity contribution is 7.97. The standard InChI is InChI=1S/C17H21N3O3S/c1-11-18-14(8-16(21)19-11)12-4-3-7-20(9-12)17(22)15-6-5-13(23-15)10-24-2/h5-6,8,12H,3-4,7,9-10H2,1-2H3,(H,18,19,21). The van der Waals surface area contributed by atoms with Crippen molar-refractivity contribution in [1.29, 1.82) is 0 Å². The highest BCUT2D eigenvalue weighted by Crippen LogP contribution is 2.26. The van der Waals surface area contributed by atoms with Crippen molar-refractivity contribution in [1.82, 2.24) is 14.9 Å². The molecule has 0 aliphatic carbocycles. The van der Waals surface area contributed by atoms with Gasteiger partial charge in [0.1, 0.15) is 11.6 Å². The van der Waals surface area contributed by atoms with Gasteiger partial charge < -0.3 is 14.3 Å². The molecule has 3 rings (SSSR count). The number of carbonyl (C=O) groups excluding carboxylic acids is 1. The molecule has 0 bridgehead atoms. The highest BCUT2D eigenvalue weighted by atomic mass is 32.2.